The summed E-state index contributed by atoms with van der Waals surface area (Å²) in [5.41, 5.74) is 1.73. The van der Waals surface area contributed by atoms with Gasteiger partial charge in [-0.05, 0) is 12.2 Å². The summed E-state index contributed by atoms with van der Waals surface area (Å²) in [6.45, 7) is 3.97. The van der Waals surface area contributed by atoms with E-state index in [9.17, 15) is 17.6 Å². The van der Waals surface area contributed by atoms with Crippen molar-refractivity contribution in [2.45, 2.75) is 19.0 Å². The van der Waals surface area contributed by atoms with Gasteiger partial charge in [0.05, 0.1) is 37.8 Å². The van der Waals surface area contributed by atoms with Crippen molar-refractivity contribution in [3.8, 4) is 11.6 Å². The maximum atomic E-state index is 13.4. The van der Waals surface area contributed by atoms with Gasteiger partial charge < -0.3 is 9.64 Å². The number of pyridine rings is 1. The number of thioether (sulfide) groups is 1. The van der Waals surface area contributed by atoms with Crippen molar-refractivity contribution in [3.05, 3.63) is 42.8 Å². The van der Waals surface area contributed by atoms with E-state index in [1.165, 1.54) is 35.8 Å². The number of hydrogen-bond acceptors (Lipinski definition) is 5. The van der Waals surface area contributed by atoms with Crippen LogP contribution in [0.15, 0.2) is 36.9 Å². The maximum absolute atomic E-state index is 13.4. The average Bonchev–Trinajstić information content (AvgIpc) is 3.04. The van der Waals surface area contributed by atoms with Gasteiger partial charge in [-0.15, -0.1) is 5.10 Å². The first-order valence-corrected chi connectivity index (χ1v) is 9.17. The Balaban J connectivity index is 2.00. The standard InChI is InChI=1S/C17H20F4N4OS/c1-12(4-6-27-7-5-17(19,20)21)24(2)15-11-25(23-16(15)26-3)14-8-13(18)9-22-10-14/h8-11H,1,4-7H2,2-3H3. The van der Waals surface area contributed by atoms with Crippen molar-refractivity contribution in [1.82, 2.24) is 14.8 Å². The van der Waals surface area contributed by atoms with Crippen LogP contribution >= 0.6 is 11.8 Å². The molecule has 2 heterocycles. The van der Waals surface area contributed by atoms with Gasteiger partial charge in [-0.2, -0.15) is 24.9 Å². The molecule has 0 amide bonds. The van der Waals surface area contributed by atoms with Gasteiger partial charge >= 0.3 is 6.18 Å². The zero-order valence-corrected chi connectivity index (χ0v) is 15.8. The van der Waals surface area contributed by atoms with Crippen LogP contribution in [0.1, 0.15) is 12.8 Å². The Bertz CT molecular complexity index is 779. The molecule has 27 heavy (non-hydrogen) atoms. The normalized spacial score (nSPS) is 11.5. The van der Waals surface area contributed by atoms with Crippen LogP contribution in [0.5, 0.6) is 5.88 Å². The fourth-order valence-corrected chi connectivity index (χ4v) is 3.16. The predicted molar refractivity (Wildman–Crippen MR) is 98.0 cm³/mol. The van der Waals surface area contributed by atoms with E-state index < -0.39 is 18.4 Å². The molecule has 148 valence electrons. The van der Waals surface area contributed by atoms with Crippen LogP contribution in [-0.4, -0.2) is 46.6 Å². The number of aromatic nitrogens is 3. The lowest BCUT2D eigenvalue weighted by Gasteiger charge is -2.20. The van der Waals surface area contributed by atoms with E-state index in [-0.39, 0.29) is 5.75 Å². The molecule has 0 saturated heterocycles. The van der Waals surface area contributed by atoms with Gasteiger partial charge in [0.25, 0.3) is 5.88 Å². The van der Waals surface area contributed by atoms with E-state index in [1.807, 2.05) is 0 Å². The van der Waals surface area contributed by atoms with Crippen LogP contribution in [0.2, 0.25) is 0 Å². The molecule has 2 aromatic rings. The van der Waals surface area contributed by atoms with Gasteiger partial charge in [0.1, 0.15) is 11.5 Å². The zero-order chi connectivity index (χ0) is 20.0. The summed E-state index contributed by atoms with van der Waals surface area (Å²) in [5.74, 6) is 0.363. The number of methoxy groups -OCH3 is 1. The van der Waals surface area contributed by atoms with E-state index >= 15 is 0 Å². The van der Waals surface area contributed by atoms with Gasteiger partial charge in [0.15, 0.2) is 0 Å². The molecular formula is C17H20F4N4OS. The van der Waals surface area contributed by atoms with Gasteiger partial charge in [0, 0.05) is 24.6 Å². The third kappa shape index (κ3) is 6.16. The van der Waals surface area contributed by atoms with Crippen molar-refractivity contribution in [2.24, 2.45) is 0 Å². The van der Waals surface area contributed by atoms with Crippen molar-refractivity contribution in [1.29, 1.82) is 0 Å². The number of allylic oxidation sites excluding steroid dienone is 1. The van der Waals surface area contributed by atoms with Gasteiger partial charge in [-0.25, -0.2) is 9.07 Å². The number of halogens is 4. The van der Waals surface area contributed by atoms with Gasteiger partial charge in [-0.1, -0.05) is 6.58 Å². The molecular weight excluding hydrogens is 384 g/mol. The topological polar surface area (TPSA) is 43.2 Å². The highest BCUT2D eigenvalue weighted by molar-refractivity contribution is 7.99. The van der Waals surface area contributed by atoms with E-state index in [0.717, 1.165) is 6.20 Å². The Hall–Kier alpha value is -2.23. The van der Waals surface area contributed by atoms with E-state index in [2.05, 4.69) is 16.7 Å². The fraction of sp³-hybridized carbons (Fsp3) is 0.412. The quantitative estimate of drug-likeness (QED) is 0.457. The van der Waals surface area contributed by atoms with Crippen LogP contribution in [0, 0.1) is 5.82 Å². The molecule has 0 unspecified atom stereocenters. The number of ether oxygens (including phenoxy) is 1. The third-order valence-electron chi connectivity index (χ3n) is 3.71. The minimum atomic E-state index is -4.13. The summed E-state index contributed by atoms with van der Waals surface area (Å²) >= 11 is 1.23. The first-order chi connectivity index (χ1) is 12.7. The summed E-state index contributed by atoms with van der Waals surface area (Å²) in [6, 6.07) is 1.29. The molecule has 10 heteroatoms. The molecule has 0 N–H and O–H groups in total. The summed E-state index contributed by atoms with van der Waals surface area (Å²) in [4.78, 5) is 5.54. The summed E-state index contributed by atoms with van der Waals surface area (Å²) in [6.07, 6.45) is -0.218. The van der Waals surface area contributed by atoms with Crippen LogP contribution < -0.4 is 9.64 Å². The Kier molecular flexibility index (Phi) is 7.11. The Labute approximate surface area is 159 Å². The third-order valence-corrected chi connectivity index (χ3v) is 4.70. The fourth-order valence-electron chi connectivity index (χ4n) is 2.20. The summed E-state index contributed by atoms with van der Waals surface area (Å²) < 4.78 is 56.5. The first kappa shape index (κ1) is 21.1. The lowest BCUT2D eigenvalue weighted by Crippen LogP contribution is -2.16. The van der Waals surface area contributed by atoms with Crippen molar-refractivity contribution in [2.75, 3.05) is 30.6 Å². The molecule has 5 nitrogen and oxygen atoms in total. The smallest absolute Gasteiger partial charge is 0.389 e. The molecule has 0 aliphatic heterocycles. The lowest BCUT2D eigenvalue weighted by atomic mass is 10.3. The summed E-state index contributed by atoms with van der Waals surface area (Å²) in [7, 11) is 3.22. The molecule has 0 spiro atoms. The molecule has 0 saturated carbocycles. The molecule has 0 aliphatic rings. The van der Waals surface area contributed by atoms with E-state index in [4.69, 9.17) is 4.74 Å². The number of rotatable bonds is 9. The number of nitrogens with zero attached hydrogens (tertiary/aromatic N) is 4. The Morgan fingerprint density at radius 1 is 1.33 bits per heavy atom. The van der Waals surface area contributed by atoms with Gasteiger partial charge in [-0.3, -0.25) is 4.98 Å². The van der Waals surface area contributed by atoms with Gasteiger partial charge in [0.2, 0.25) is 0 Å². The Morgan fingerprint density at radius 3 is 2.70 bits per heavy atom. The lowest BCUT2D eigenvalue weighted by molar-refractivity contribution is -0.129. The Morgan fingerprint density at radius 2 is 2.07 bits per heavy atom. The predicted octanol–water partition coefficient (Wildman–Crippen LogP) is 4.44. The first-order valence-electron chi connectivity index (χ1n) is 8.02. The highest BCUT2D eigenvalue weighted by Crippen LogP contribution is 2.30. The number of hydrogen-bond donors (Lipinski definition) is 0. The molecule has 2 aromatic heterocycles. The number of anilines is 1. The molecule has 2 rings (SSSR count). The average molecular weight is 404 g/mol. The second-order valence-electron chi connectivity index (χ2n) is 5.68. The maximum Gasteiger partial charge on any atom is 0.389 e. The highest BCUT2D eigenvalue weighted by Gasteiger charge is 2.26. The van der Waals surface area contributed by atoms with Crippen LogP contribution in [-0.2, 0) is 0 Å². The minimum Gasteiger partial charge on any atom is -0.478 e. The molecule has 0 atom stereocenters. The van der Waals surface area contributed by atoms with Crippen LogP contribution in [0.4, 0.5) is 23.2 Å². The number of alkyl halides is 3. The van der Waals surface area contributed by atoms with Crippen LogP contribution in [0.3, 0.4) is 0 Å². The largest absolute Gasteiger partial charge is 0.478 e. The molecule has 0 radical (unpaired) electrons. The zero-order valence-electron chi connectivity index (χ0n) is 15.0. The van der Waals surface area contributed by atoms with Crippen LogP contribution in [0.25, 0.3) is 5.69 Å². The second-order valence-corrected chi connectivity index (χ2v) is 6.91. The van der Waals surface area contributed by atoms with E-state index in [0.29, 0.717) is 35.1 Å². The molecule has 0 fully saturated rings. The molecule has 0 aliphatic carbocycles. The molecule has 0 bridgehead atoms. The van der Waals surface area contributed by atoms with Crippen molar-refractivity contribution >= 4 is 17.4 Å². The minimum absolute atomic E-state index is 0.0221. The second kappa shape index (κ2) is 9.12. The van der Waals surface area contributed by atoms with E-state index in [1.54, 1.807) is 18.1 Å². The molecule has 0 aromatic carbocycles. The summed E-state index contributed by atoms with van der Waals surface area (Å²) in [5, 5.41) is 4.26. The highest BCUT2D eigenvalue weighted by atomic mass is 32.2. The van der Waals surface area contributed by atoms with Crippen molar-refractivity contribution < 1.29 is 22.3 Å². The monoisotopic (exact) mass is 404 g/mol. The van der Waals surface area contributed by atoms with Crippen molar-refractivity contribution in [3.63, 3.8) is 0 Å². The SMILES string of the molecule is C=C(CCSCCC(F)(F)F)N(C)c1cn(-c2cncc(F)c2)nc1OC.